The number of benzene rings is 3. The number of amides is 2. The van der Waals surface area contributed by atoms with Gasteiger partial charge in [0.25, 0.3) is 11.8 Å². The third kappa shape index (κ3) is 4.55. The van der Waals surface area contributed by atoms with Crippen LogP contribution in [0.25, 0.3) is 11.3 Å². The molecule has 1 N–H and O–H groups in total. The Hall–Kier alpha value is -4.52. The number of ether oxygens (including phenoxy) is 2. The molecule has 4 aromatic rings. The van der Waals surface area contributed by atoms with Crippen molar-refractivity contribution in [3.05, 3.63) is 101 Å². The summed E-state index contributed by atoms with van der Waals surface area (Å²) in [5.41, 5.74) is 4.02. The quantitative estimate of drug-likeness (QED) is 0.397. The van der Waals surface area contributed by atoms with Gasteiger partial charge >= 0.3 is 0 Å². The van der Waals surface area contributed by atoms with Crippen LogP contribution in [0.3, 0.4) is 0 Å². The highest BCUT2D eigenvalue weighted by atomic mass is 16.5. The van der Waals surface area contributed by atoms with Gasteiger partial charge in [-0.3, -0.25) is 9.59 Å². The Kier molecular flexibility index (Phi) is 6.45. The highest BCUT2D eigenvalue weighted by Gasteiger charge is 2.26. The fraction of sp³-hybridized carbons (Fsp3) is 0.172. The molecular weight excluding hydrogens is 456 g/mol. The van der Waals surface area contributed by atoms with Gasteiger partial charge in [0.2, 0.25) is 0 Å². The fourth-order valence-corrected chi connectivity index (χ4v) is 4.40. The van der Waals surface area contributed by atoms with Gasteiger partial charge in [0.05, 0.1) is 19.9 Å². The molecule has 36 heavy (non-hydrogen) atoms. The van der Waals surface area contributed by atoms with E-state index in [0.29, 0.717) is 53.6 Å². The molecule has 7 nitrogen and oxygen atoms in total. The van der Waals surface area contributed by atoms with Crippen LogP contribution in [-0.4, -0.2) is 37.5 Å². The van der Waals surface area contributed by atoms with E-state index in [9.17, 15) is 9.59 Å². The number of hydrogen-bond donors (Lipinski definition) is 1. The van der Waals surface area contributed by atoms with E-state index in [1.165, 1.54) is 0 Å². The number of anilines is 1. The predicted octanol–water partition coefficient (Wildman–Crippen LogP) is 5.41. The molecule has 0 saturated carbocycles. The first kappa shape index (κ1) is 23.2. The minimum absolute atomic E-state index is 0.188. The average molecular weight is 483 g/mol. The van der Waals surface area contributed by atoms with Gasteiger partial charge in [-0.2, -0.15) is 0 Å². The molecule has 5 rings (SSSR count). The van der Waals surface area contributed by atoms with Crippen LogP contribution in [0.5, 0.6) is 11.5 Å². The Balaban J connectivity index is 1.35. The molecule has 2 amide bonds. The standard InChI is InChI=1S/C29H26N2O5/c1-34-26-16-20-14-15-31(18-21(20)17-27(26)35-2)29(33)25-13-12-24(36-25)22-10-6-7-11-23(22)30-28(32)19-8-4-3-5-9-19/h3-13,16-17H,14-15,18H2,1-2H3,(H,30,32). The molecule has 0 atom stereocenters. The first-order chi connectivity index (χ1) is 17.6. The highest BCUT2D eigenvalue weighted by molar-refractivity contribution is 6.06. The van der Waals surface area contributed by atoms with E-state index in [1.807, 2.05) is 54.6 Å². The minimum atomic E-state index is -0.218. The van der Waals surface area contributed by atoms with Crippen molar-refractivity contribution in [2.24, 2.45) is 0 Å². The largest absolute Gasteiger partial charge is 0.493 e. The monoisotopic (exact) mass is 482 g/mol. The van der Waals surface area contributed by atoms with Crippen LogP contribution in [0.15, 0.2) is 83.3 Å². The zero-order valence-corrected chi connectivity index (χ0v) is 20.1. The van der Waals surface area contributed by atoms with Crippen molar-refractivity contribution in [3.8, 4) is 22.8 Å². The minimum Gasteiger partial charge on any atom is -0.493 e. The van der Waals surface area contributed by atoms with Gasteiger partial charge in [0.15, 0.2) is 17.3 Å². The second-order valence-corrected chi connectivity index (χ2v) is 8.48. The third-order valence-electron chi connectivity index (χ3n) is 6.30. The molecular formula is C29H26N2O5. The van der Waals surface area contributed by atoms with Crippen molar-refractivity contribution >= 4 is 17.5 Å². The van der Waals surface area contributed by atoms with Crippen LogP contribution < -0.4 is 14.8 Å². The molecule has 3 aromatic carbocycles. The van der Waals surface area contributed by atoms with E-state index in [0.717, 1.165) is 11.1 Å². The molecule has 0 saturated heterocycles. The van der Waals surface area contributed by atoms with Crippen LogP contribution in [-0.2, 0) is 13.0 Å². The van der Waals surface area contributed by atoms with E-state index in [-0.39, 0.29) is 17.6 Å². The number of nitrogens with zero attached hydrogens (tertiary/aromatic N) is 1. The van der Waals surface area contributed by atoms with Crippen molar-refractivity contribution in [3.63, 3.8) is 0 Å². The number of nitrogens with one attached hydrogen (secondary N) is 1. The van der Waals surface area contributed by atoms with Gasteiger partial charge in [-0.25, -0.2) is 0 Å². The number of furan rings is 1. The van der Waals surface area contributed by atoms with Gasteiger partial charge in [0.1, 0.15) is 5.76 Å². The van der Waals surface area contributed by atoms with E-state index < -0.39 is 0 Å². The summed E-state index contributed by atoms with van der Waals surface area (Å²) < 4.78 is 16.8. The van der Waals surface area contributed by atoms with E-state index >= 15 is 0 Å². The van der Waals surface area contributed by atoms with Crippen LogP contribution in [0.2, 0.25) is 0 Å². The SMILES string of the molecule is COc1cc2c(cc1OC)CN(C(=O)c1ccc(-c3ccccc3NC(=O)c3ccccc3)o1)CC2. The zero-order valence-electron chi connectivity index (χ0n) is 20.1. The summed E-state index contributed by atoms with van der Waals surface area (Å²) in [6, 6.07) is 23.7. The molecule has 0 radical (unpaired) electrons. The topological polar surface area (TPSA) is 81.0 Å². The lowest BCUT2D eigenvalue weighted by Gasteiger charge is -2.29. The van der Waals surface area contributed by atoms with Gasteiger partial charge < -0.3 is 24.1 Å². The highest BCUT2D eigenvalue weighted by Crippen LogP contribution is 2.34. The van der Waals surface area contributed by atoms with Crippen molar-refractivity contribution in [2.75, 3.05) is 26.1 Å². The zero-order chi connectivity index (χ0) is 25.1. The van der Waals surface area contributed by atoms with Crippen LogP contribution in [0.1, 0.15) is 32.0 Å². The Morgan fingerprint density at radius 2 is 1.56 bits per heavy atom. The van der Waals surface area contributed by atoms with Crippen molar-refractivity contribution < 1.29 is 23.5 Å². The summed E-state index contributed by atoms with van der Waals surface area (Å²) in [6.07, 6.45) is 0.712. The van der Waals surface area contributed by atoms with Crippen molar-refractivity contribution in [1.29, 1.82) is 0 Å². The summed E-state index contributed by atoms with van der Waals surface area (Å²) in [5.74, 6) is 1.67. The summed E-state index contributed by atoms with van der Waals surface area (Å²) >= 11 is 0. The molecule has 0 unspecified atom stereocenters. The Morgan fingerprint density at radius 1 is 0.861 bits per heavy atom. The van der Waals surface area contributed by atoms with Gasteiger partial charge in [-0.05, 0) is 66.1 Å². The molecule has 1 aliphatic heterocycles. The Morgan fingerprint density at radius 3 is 2.31 bits per heavy atom. The Bertz CT molecular complexity index is 1410. The van der Waals surface area contributed by atoms with Crippen LogP contribution in [0, 0.1) is 0 Å². The van der Waals surface area contributed by atoms with Crippen molar-refractivity contribution in [2.45, 2.75) is 13.0 Å². The molecule has 0 aliphatic carbocycles. The molecule has 0 bridgehead atoms. The molecule has 0 spiro atoms. The van der Waals surface area contributed by atoms with Gasteiger partial charge in [-0.1, -0.05) is 30.3 Å². The summed E-state index contributed by atoms with van der Waals surface area (Å²) in [6.45, 7) is 1.02. The summed E-state index contributed by atoms with van der Waals surface area (Å²) in [7, 11) is 3.21. The fourth-order valence-electron chi connectivity index (χ4n) is 4.40. The lowest BCUT2D eigenvalue weighted by atomic mass is 9.98. The molecule has 1 aliphatic rings. The van der Waals surface area contributed by atoms with Gasteiger partial charge in [0, 0.05) is 24.2 Å². The number of hydrogen-bond acceptors (Lipinski definition) is 5. The van der Waals surface area contributed by atoms with E-state index in [2.05, 4.69) is 5.32 Å². The lowest BCUT2D eigenvalue weighted by Crippen LogP contribution is -2.35. The predicted molar refractivity (Wildman–Crippen MR) is 137 cm³/mol. The van der Waals surface area contributed by atoms with Gasteiger partial charge in [-0.15, -0.1) is 0 Å². The maximum atomic E-state index is 13.3. The first-order valence-corrected chi connectivity index (χ1v) is 11.7. The molecule has 2 heterocycles. The Labute approximate surface area is 209 Å². The number of fused-ring (bicyclic) bond motifs is 1. The number of rotatable bonds is 6. The molecule has 7 heteroatoms. The van der Waals surface area contributed by atoms with E-state index in [4.69, 9.17) is 13.9 Å². The lowest BCUT2D eigenvalue weighted by molar-refractivity contribution is 0.0703. The molecule has 1 aromatic heterocycles. The molecule has 0 fully saturated rings. The first-order valence-electron chi connectivity index (χ1n) is 11.7. The second-order valence-electron chi connectivity index (χ2n) is 8.48. The summed E-state index contributed by atoms with van der Waals surface area (Å²) in [4.78, 5) is 27.7. The number of carbonyl (C=O) groups excluding carboxylic acids is 2. The second kappa shape index (κ2) is 10.00. The maximum absolute atomic E-state index is 13.3. The normalized spacial score (nSPS) is 12.6. The van der Waals surface area contributed by atoms with Crippen LogP contribution in [0.4, 0.5) is 5.69 Å². The molecule has 182 valence electrons. The average Bonchev–Trinajstić information content (AvgIpc) is 3.42. The summed E-state index contributed by atoms with van der Waals surface area (Å²) in [5, 5.41) is 2.94. The van der Waals surface area contributed by atoms with E-state index in [1.54, 1.807) is 43.4 Å². The maximum Gasteiger partial charge on any atom is 0.289 e. The van der Waals surface area contributed by atoms with Crippen molar-refractivity contribution in [1.82, 2.24) is 4.90 Å². The smallest absolute Gasteiger partial charge is 0.289 e. The number of para-hydroxylation sites is 1. The number of carbonyl (C=O) groups is 2. The van der Waals surface area contributed by atoms with Crippen LogP contribution >= 0.6 is 0 Å². The number of methoxy groups -OCH3 is 2. The third-order valence-corrected chi connectivity index (χ3v) is 6.30.